The Labute approximate surface area is 281 Å². The van der Waals surface area contributed by atoms with Crippen LogP contribution in [0, 0.1) is 5.92 Å². The smallest absolute Gasteiger partial charge is 0.263 e. The number of hydrogen-bond donors (Lipinski definition) is 2. The molecule has 0 bridgehead atoms. The monoisotopic (exact) mass is 664 g/mol. The highest BCUT2D eigenvalue weighted by molar-refractivity contribution is 6.31. The molecule has 47 heavy (non-hydrogen) atoms. The number of benzene rings is 2. The average molecular weight is 666 g/mol. The quantitative estimate of drug-likeness (QED) is 0.172. The van der Waals surface area contributed by atoms with Gasteiger partial charge in [0, 0.05) is 72.1 Å². The predicted molar refractivity (Wildman–Crippen MR) is 187 cm³/mol. The Balaban J connectivity index is 1.28. The van der Waals surface area contributed by atoms with Gasteiger partial charge < -0.3 is 10.3 Å². The number of aromatic amines is 1. The topological polar surface area (TPSA) is 109 Å². The summed E-state index contributed by atoms with van der Waals surface area (Å²) in [4.78, 5) is 43.8. The van der Waals surface area contributed by atoms with E-state index < -0.39 is 0 Å². The highest BCUT2D eigenvalue weighted by atomic mass is 35.5. The van der Waals surface area contributed by atoms with Gasteiger partial charge in [0.05, 0.1) is 22.5 Å². The highest BCUT2D eigenvalue weighted by Crippen LogP contribution is 2.30. The maximum Gasteiger partial charge on any atom is 0.263 e. The Bertz CT molecular complexity index is 2150. The average Bonchev–Trinajstić information content (AvgIpc) is 3.07. The molecule has 0 aliphatic rings. The van der Waals surface area contributed by atoms with Gasteiger partial charge in [-0.25, -0.2) is 14.5 Å². The molecule has 236 valence electrons. The van der Waals surface area contributed by atoms with Crippen LogP contribution in [-0.4, -0.2) is 31.6 Å². The van der Waals surface area contributed by atoms with E-state index in [0.29, 0.717) is 57.3 Å². The summed E-state index contributed by atoms with van der Waals surface area (Å²) in [6, 6.07) is 22.0. The van der Waals surface area contributed by atoms with Crippen LogP contribution in [0.3, 0.4) is 0 Å². The van der Waals surface area contributed by atoms with Crippen molar-refractivity contribution in [2.45, 2.75) is 19.9 Å². The van der Waals surface area contributed by atoms with Gasteiger partial charge in [-0.05, 0) is 47.5 Å². The molecular weight excluding hydrogens is 633 g/mol. The molecule has 9 nitrogen and oxygen atoms in total. The second-order valence-electron chi connectivity index (χ2n) is 11.4. The van der Waals surface area contributed by atoms with Crippen molar-refractivity contribution in [1.82, 2.24) is 24.5 Å². The molecular formula is C36H32Cl2N7O2+. The molecule has 4 aromatic heterocycles. The molecule has 2 aromatic carbocycles. The van der Waals surface area contributed by atoms with Crippen LogP contribution < -0.4 is 21.0 Å². The first-order valence-corrected chi connectivity index (χ1v) is 15.8. The molecule has 0 aliphatic carbocycles. The zero-order chi connectivity index (χ0) is 33.1. The molecule has 0 aliphatic heterocycles. The van der Waals surface area contributed by atoms with Crippen LogP contribution in [0.25, 0.3) is 44.8 Å². The van der Waals surface area contributed by atoms with E-state index in [9.17, 15) is 9.59 Å². The highest BCUT2D eigenvalue weighted by Gasteiger charge is 2.21. The van der Waals surface area contributed by atoms with E-state index in [1.165, 1.54) is 4.57 Å². The number of aromatic nitrogens is 6. The zero-order valence-electron chi connectivity index (χ0n) is 26.0. The van der Waals surface area contributed by atoms with Crippen molar-refractivity contribution in [2.24, 2.45) is 13.0 Å². The van der Waals surface area contributed by atoms with Crippen molar-refractivity contribution < 1.29 is 4.57 Å². The fourth-order valence-electron chi connectivity index (χ4n) is 5.62. The molecule has 1 unspecified atom stereocenters. The maximum atomic E-state index is 13.5. The van der Waals surface area contributed by atoms with Gasteiger partial charge in [0.2, 0.25) is 5.95 Å². The minimum atomic E-state index is -0.215. The van der Waals surface area contributed by atoms with E-state index in [1.54, 1.807) is 50.8 Å². The zero-order valence-corrected chi connectivity index (χ0v) is 27.5. The number of H-pyrrole nitrogens is 1. The number of nitrogens with one attached hydrogen (secondary N) is 2. The number of rotatable bonds is 9. The number of hydrogen-bond acceptors (Lipinski definition) is 6. The van der Waals surface area contributed by atoms with Crippen molar-refractivity contribution in [3.8, 4) is 44.8 Å². The SMILES string of the molecule is CNc1nc(-c2cc[n+](CC(C)Cc3nc(-c4ccncc4)c(-c4ccc(Cl)cc4)c(=O)[nH]3)cc2)c(-c2ccc(Cl)cc2)c(=O)n1C. The Kier molecular flexibility index (Phi) is 9.29. The number of nitrogens with zero attached hydrogens (tertiary/aromatic N) is 5. The van der Waals surface area contributed by atoms with Gasteiger partial charge in [0.1, 0.15) is 5.82 Å². The van der Waals surface area contributed by atoms with Gasteiger partial charge in [-0.15, -0.1) is 0 Å². The van der Waals surface area contributed by atoms with Gasteiger partial charge in [-0.1, -0.05) is 54.4 Å². The van der Waals surface area contributed by atoms with Crippen LogP contribution >= 0.6 is 23.2 Å². The van der Waals surface area contributed by atoms with Gasteiger partial charge >= 0.3 is 0 Å². The van der Waals surface area contributed by atoms with Crippen molar-refractivity contribution in [3.05, 3.63) is 134 Å². The summed E-state index contributed by atoms with van der Waals surface area (Å²) < 4.78 is 3.57. The number of pyridine rings is 2. The molecule has 6 aromatic rings. The van der Waals surface area contributed by atoms with Gasteiger partial charge in [0.15, 0.2) is 18.9 Å². The summed E-state index contributed by atoms with van der Waals surface area (Å²) in [6.45, 7) is 2.78. The van der Waals surface area contributed by atoms with E-state index in [0.717, 1.165) is 22.3 Å². The first kappa shape index (κ1) is 31.8. The number of anilines is 1. The Morgan fingerprint density at radius 1 is 0.787 bits per heavy atom. The van der Waals surface area contributed by atoms with Crippen molar-refractivity contribution in [1.29, 1.82) is 0 Å². The summed E-state index contributed by atoms with van der Waals surface area (Å²) >= 11 is 12.2. The predicted octanol–water partition coefficient (Wildman–Crippen LogP) is 6.44. The lowest BCUT2D eigenvalue weighted by molar-refractivity contribution is -0.702. The third-order valence-electron chi connectivity index (χ3n) is 7.93. The standard InChI is InChI=1S/C36H31Cl2N7O2/c1-22(20-29-41-32(25-12-16-40-17-13-25)30(34(46)42-29)23-4-8-27(37)9-5-23)21-45-18-14-26(15-19-45)33-31(24-6-10-28(38)11-7-24)35(47)44(3)36(39-2)43-33/h4-19,22H,20-21H2,1-3H3,(H-,39,41,42,43,46,47)/p+1. The van der Waals surface area contributed by atoms with Crippen LogP contribution in [0.4, 0.5) is 5.95 Å². The second kappa shape index (κ2) is 13.7. The van der Waals surface area contributed by atoms with Crippen LogP contribution in [0.5, 0.6) is 0 Å². The molecule has 0 spiro atoms. The van der Waals surface area contributed by atoms with Crippen LogP contribution in [0.15, 0.2) is 107 Å². The Morgan fingerprint density at radius 2 is 1.34 bits per heavy atom. The fraction of sp³-hybridized carbons (Fsp3) is 0.167. The minimum absolute atomic E-state index is 0.128. The molecule has 4 heterocycles. The van der Waals surface area contributed by atoms with E-state index in [-0.39, 0.29) is 17.0 Å². The van der Waals surface area contributed by atoms with E-state index in [1.807, 2.05) is 60.9 Å². The maximum absolute atomic E-state index is 13.5. The van der Waals surface area contributed by atoms with Crippen LogP contribution in [0.2, 0.25) is 10.0 Å². The van der Waals surface area contributed by atoms with Crippen molar-refractivity contribution in [3.63, 3.8) is 0 Å². The van der Waals surface area contributed by atoms with Gasteiger partial charge in [0.25, 0.3) is 11.1 Å². The molecule has 1 atom stereocenters. The molecule has 0 fully saturated rings. The molecule has 0 saturated carbocycles. The molecule has 0 amide bonds. The lowest BCUT2D eigenvalue weighted by Crippen LogP contribution is -2.37. The molecule has 0 radical (unpaired) electrons. The second-order valence-corrected chi connectivity index (χ2v) is 12.2. The van der Waals surface area contributed by atoms with E-state index in [4.69, 9.17) is 33.2 Å². The first-order valence-electron chi connectivity index (χ1n) is 15.1. The lowest BCUT2D eigenvalue weighted by Gasteiger charge is -2.14. The molecule has 0 saturated heterocycles. The third kappa shape index (κ3) is 6.86. The normalized spacial score (nSPS) is 11.8. The minimum Gasteiger partial charge on any atom is -0.359 e. The summed E-state index contributed by atoms with van der Waals surface area (Å²) in [6.07, 6.45) is 7.86. The van der Waals surface area contributed by atoms with E-state index >= 15 is 0 Å². The summed E-state index contributed by atoms with van der Waals surface area (Å²) in [5.41, 5.74) is 4.85. The molecule has 2 N–H and O–H groups in total. The van der Waals surface area contributed by atoms with Crippen LogP contribution in [-0.2, 0) is 20.0 Å². The van der Waals surface area contributed by atoms with Crippen molar-refractivity contribution in [2.75, 3.05) is 12.4 Å². The van der Waals surface area contributed by atoms with Crippen molar-refractivity contribution >= 4 is 29.2 Å². The fourth-order valence-corrected chi connectivity index (χ4v) is 5.87. The summed E-state index contributed by atoms with van der Waals surface area (Å²) in [5, 5.41) is 4.20. The number of halogens is 2. The van der Waals surface area contributed by atoms with Crippen LogP contribution in [0.1, 0.15) is 12.7 Å². The Hall–Kier alpha value is -5.12. The molecule has 6 rings (SSSR count). The van der Waals surface area contributed by atoms with Gasteiger partial charge in [-0.2, -0.15) is 0 Å². The summed E-state index contributed by atoms with van der Waals surface area (Å²) in [7, 11) is 3.43. The summed E-state index contributed by atoms with van der Waals surface area (Å²) in [5.74, 6) is 1.19. The largest absolute Gasteiger partial charge is 0.359 e. The van der Waals surface area contributed by atoms with Gasteiger partial charge in [-0.3, -0.25) is 19.1 Å². The molecule has 11 heteroatoms. The lowest BCUT2D eigenvalue weighted by atomic mass is 10.00. The van der Waals surface area contributed by atoms with E-state index in [2.05, 4.69) is 26.8 Å². The third-order valence-corrected chi connectivity index (χ3v) is 8.44. The Morgan fingerprint density at radius 3 is 1.94 bits per heavy atom. The first-order chi connectivity index (χ1) is 22.7.